The maximum Gasteiger partial charge on any atom is 0.231 e. The fraction of sp³-hybridized carbons (Fsp3) is 0.0909. The van der Waals surface area contributed by atoms with Crippen molar-refractivity contribution in [1.29, 1.82) is 0 Å². The van der Waals surface area contributed by atoms with E-state index >= 15 is 0 Å². The van der Waals surface area contributed by atoms with Crippen LogP contribution in [-0.4, -0.2) is 16.6 Å². The second-order valence-electron chi connectivity index (χ2n) is 6.08. The Morgan fingerprint density at radius 1 is 1.00 bits per heavy atom. The summed E-state index contributed by atoms with van der Waals surface area (Å²) in [6.45, 7) is 0. The molecule has 1 amide bonds. The van der Waals surface area contributed by atoms with Gasteiger partial charge in [0.1, 0.15) is 11.0 Å². The predicted octanol–water partition coefficient (Wildman–Crippen LogP) is 5.29. The minimum atomic E-state index is -0.212. The summed E-state index contributed by atoms with van der Waals surface area (Å²) in [7, 11) is 0. The molecule has 27 heavy (non-hydrogen) atoms. The van der Waals surface area contributed by atoms with E-state index in [-0.39, 0.29) is 11.9 Å². The minimum absolute atomic E-state index is 0.00258. The highest BCUT2D eigenvalue weighted by Gasteiger charge is 2.19. The van der Waals surface area contributed by atoms with Crippen molar-refractivity contribution < 1.29 is 4.79 Å². The first kappa shape index (κ1) is 17.8. The van der Waals surface area contributed by atoms with Gasteiger partial charge in [-0.15, -0.1) is 23.1 Å². The number of benzene rings is 3. The molecule has 4 rings (SSSR count). The van der Waals surface area contributed by atoms with E-state index < -0.39 is 0 Å². The molecule has 3 nitrogen and oxygen atoms in total. The van der Waals surface area contributed by atoms with Crippen molar-refractivity contribution in [2.45, 2.75) is 10.9 Å². The summed E-state index contributed by atoms with van der Waals surface area (Å²) < 4.78 is 0. The van der Waals surface area contributed by atoms with Crippen LogP contribution in [0.4, 0.5) is 0 Å². The van der Waals surface area contributed by atoms with Gasteiger partial charge in [-0.1, -0.05) is 60.7 Å². The summed E-state index contributed by atoms with van der Waals surface area (Å²) in [6, 6.07) is 24.3. The molecule has 3 aromatic carbocycles. The highest BCUT2D eigenvalue weighted by atomic mass is 32.2. The van der Waals surface area contributed by atoms with Gasteiger partial charge in [-0.25, -0.2) is 4.98 Å². The summed E-state index contributed by atoms with van der Waals surface area (Å²) in [5.74, 6) is 0.366. The van der Waals surface area contributed by atoms with Crippen LogP contribution in [0, 0.1) is 0 Å². The molecule has 1 aromatic heterocycles. The molecule has 0 aliphatic heterocycles. The molecule has 1 atom stereocenters. The van der Waals surface area contributed by atoms with Gasteiger partial charge in [0.15, 0.2) is 0 Å². The lowest BCUT2D eigenvalue weighted by Crippen LogP contribution is -2.30. The Bertz CT molecular complexity index is 1030. The smallest absolute Gasteiger partial charge is 0.231 e. The van der Waals surface area contributed by atoms with Crippen LogP contribution in [0.2, 0.25) is 0 Å². The van der Waals surface area contributed by atoms with Crippen LogP contribution >= 0.6 is 23.1 Å². The lowest BCUT2D eigenvalue weighted by atomic mass is 10.1. The maximum atomic E-state index is 12.6. The molecule has 0 bridgehead atoms. The number of amides is 1. The van der Waals surface area contributed by atoms with Gasteiger partial charge in [-0.3, -0.25) is 4.79 Å². The van der Waals surface area contributed by atoms with Crippen LogP contribution in [-0.2, 0) is 4.79 Å². The number of nitrogens with zero attached hydrogens (tertiary/aromatic N) is 1. The predicted molar refractivity (Wildman–Crippen MR) is 113 cm³/mol. The Kier molecular flexibility index (Phi) is 5.51. The van der Waals surface area contributed by atoms with E-state index in [4.69, 9.17) is 0 Å². The number of thioether (sulfide) groups is 1. The van der Waals surface area contributed by atoms with Crippen LogP contribution in [0.15, 0.2) is 89.3 Å². The Hall–Kier alpha value is -2.63. The lowest BCUT2D eigenvalue weighted by molar-refractivity contribution is -0.119. The zero-order valence-electron chi connectivity index (χ0n) is 14.5. The third kappa shape index (κ3) is 4.38. The van der Waals surface area contributed by atoms with Gasteiger partial charge in [0.05, 0.1) is 5.75 Å². The molecule has 1 heterocycles. The third-order valence-corrected chi connectivity index (χ3v) is 6.06. The molecular weight excluding hydrogens is 372 g/mol. The van der Waals surface area contributed by atoms with Crippen molar-refractivity contribution in [2.24, 2.45) is 0 Å². The van der Waals surface area contributed by atoms with Gasteiger partial charge in [0.25, 0.3) is 0 Å². The quantitative estimate of drug-likeness (QED) is 0.455. The number of hydrogen-bond donors (Lipinski definition) is 1. The van der Waals surface area contributed by atoms with E-state index in [2.05, 4.69) is 40.6 Å². The largest absolute Gasteiger partial charge is 0.342 e. The van der Waals surface area contributed by atoms with Crippen molar-refractivity contribution in [2.75, 3.05) is 5.75 Å². The first-order valence-corrected chi connectivity index (χ1v) is 10.5. The molecule has 0 saturated carbocycles. The average Bonchev–Trinajstić information content (AvgIpc) is 3.25. The normalized spacial score (nSPS) is 12.0. The Morgan fingerprint density at radius 2 is 1.78 bits per heavy atom. The molecule has 4 aromatic rings. The zero-order valence-corrected chi connectivity index (χ0v) is 16.2. The molecule has 5 heteroatoms. The number of fused-ring (bicyclic) bond motifs is 1. The van der Waals surface area contributed by atoms with Crippen molar-refractivity contribution in [1.82, 2.24) is 10.3 Å². The second kappa shape index (κ2) is 8.37. The second-order valence-corrected chi connectivity index (χ2v) is 8.05. The fourth-order valence-corrected chi connectivity index (χ4v) is 4.39. The molecule has 0 aliphatic rings. The molecule has 1 unspecified atom stereocenters. The van der Waals surface area contributed by atoms with Crippen LogP contribution in [0.5, 0.6) is 0 Å². The summed E-state index contributed by atoms with van der Waals surface area (Å²) in [6.07, 6.45) is 1.77. The highest BCUT2D eigenvalue weighted by molar-refractivity contribution is 8.00. The first-order valence-electron chi connectivity index (χ1n) is 8.65. The maximum absolute atomic E-state index is 12.6. The molecule has 0 aliphatic carbocycles. The topological polar surface area (TPSA) is 42.0 Å². The standard InChI is InChI=1S/C22H18N2OS2/c25-20(15-27-19-11-10-16-6-4-5-9-18(16)14-19)24-21(22-23-12-13-26-22)17-7-2-1-3-8-17/h1-14,21H,15H2,(H,24,25). The zero-order chi connectivity index (χ0) is 18.5. The Morgan fingerprint density at radius 3 is 2.56 bits per heavy atom. The van der Waals surface area contributed by atoms with Gasteiger partial charge < -0.3 is 5.32 Å². The van der Waals surface area contributed by atoms with Gasteiger partial charge in [-0.2, -0.15) is 0 Å². The molecule has 1 N–H and O–H groups in total. The number of carbonyl (C=O) groups excluding carboxylic acids is 1. The van der Waals surface area contributed by atoms with E-state index in [1.807, 2.05) is 47.8 Å². The van der Waals surface area contributed by atoms with E-state index in [0.717, 1.165) is 15.5 Å². The fourth-order valence-electron chi connectivity index (χ4n) is 2.92. The monoisotopic (exact) mass is 390 g/mol. The molecule has 0 spiro atoms. The number of carbonyl (C=O) groups is 1. The summed E-state index contributed by atoms with van der Waals surface area (Å²) in [5, 5.41) is 8.35. The Labute approximate surface area is 166 Å². The number of rotatable bonds is 6. The van der Waals surface area contributed by atoms with Crippen molar-refractivity contribution in [3.8, 4) is 0 Å². The number of aromatic nitrogens is 1. The summed E-state index contributed by atoms with van der Waals surface area (Å²) >= 11 is 3.10. The van der Waals surface area contributed by atoms with Crippen LogP contribution in [0.3, 0.4) is 0 Å². The van der Waals surface area contributed by atoms with E-state index in [1.54, 1.807) is 29.3 Å². The SMILES string of the molecule is O=C(CSc1ccc2ccccc2c1)NC(c1ccccc1)c1nccs1. The van der Waals surface area contributed by atoms with Crippen molar-refractivity contribution >= 4 is 39.8 Å². The van der Waals surface area contributed by atoms with Crippen molar-refractivity contribution in [3.05, 3.63) is 94.9 Å². The third-order valence-electron chi connectivity index (χ3n) is 4.23. The summed E-state index contributed by atoms with van der Waals surface area (Å²) in [4.78, 5) is 18.1. The molecule has 134 valence electrons. The van der Waals surface area contributed by atoms with Crippen molar-refractivity contribution in [3.63, 3.8) is 0 Å². The first-order chi connectivity index (χ1) is 13.3. The van der Waals surface area contributed by atoms with Gasteiger partial charge in [0, 0.05) is 16.5 Å². The van der Waals surface area contributed by atoms with E-state index in [9.17, 15) is 4.79 Å². The number of hydrogen-bond acceptors (Lipinski definition) is 4. The molecule has 0 saturated heterocycles. The van der Waals surface area contributed by atoms with Gasteiger partial charge in [0.2, 0.25) is 5.91 Å². The average molecular weight is 391 g/mol. The highest BCUT2D eigenvalue weighted by Crippen LogP contribution is 2.26. The van der Waals surface area contributed by atoms with Crippen LogP contribution in [0.25, 0.3) is 10.8 Å². The van der Waals surface area contributed by atoms with Gasteiger partial charge >= 0.3 is 0 Å². The van der Waals surface area contributed by atoms with E-state index in [1.165, 1.54) is 10.8 Å². The molecular formula is C22H18N2OS2. The van der Waals surface area contributed by atoms with E-state index in [0.29, 0.717) is 5.75 Å². The lowest BCUT2D eigenvalue weighted by Gasteiger charge is -2.17. The summed E-state index contributed by atoms with van der Waals surface area (Å²) in [5.41, 5.74) is 1.04. The number of thiazole rings is 1. The Balaban J connectivity index is 1.45. The minimum Gasteiger partial charge on any atom is -0.342 e. The number of nitrogens with one attached hydrogen (secondary N) is 1. The molecule has 0 radical (unpaired) electrons. The van der Waals surface area contributed by atoms with Crippen LogP contribution < -0.4 is 5.32 Å². The van der Waals surface area contributed by atoms with Crippen LogP contribution in [0.1, 0.15) is 16.6 Å². The van der Waals surface area contributed by atoms with Gasteiger partial charge in [-0.05, 0) is 28.5 Å². The molecule has 0 fully saturated rings.